The highest BCUT2D eigenvalue weighted by molar-refractivity contribution is 7.10. The number of carbonyl (C=O) groups is 1. The Morgan fingerprint density at radius 3 is 2.64 bits per heavy atom. The van der Waals surface area contributed by atoms with Gasteiger partial charge in [-0.3, -0.25) is 0 Å². The van der Waals surface area contributed by atoms with Crippen LogP contribution in [0.5, 0.6) is 0 Å². The molecule has 0 amide bonds. The fraction of sp³-hybridized carbons (Fsp3) is 0.444. The summed E-state index contributed by atoms with van der Waals surface area (Å²) in [7, 11) is 1.17. The fourth-order valence-corrected chi connectivity index (χ4v) is 2.02. The van der Waals surface area contributed by atoms with Crippen LogP contribution in [0.4, 0.5) is 0 Å². The molecule has 0 aliphatic heterocycles. The molecule has 0 spiro atoms. The Bertz CT molecular complexity index is 320. The molecule has 14 heavy (non-hydrogen) atoms. The minimum Gasteiger partial charge on any atom is -0.467 e. The SMILES string of the molecule is COC(=O)C(O)C(O)c1sccc1C. The van der Waals surface area contributed by atoms with Gasteiger partial charge in [-0.25, -0.2) is 4.79 Å². The second-order valence-corrected chi connectivity index (χ2v) is 3.83. The summed E-state index contributed by atoms with van der Waals surface area (Å²) in [5, 5.41) is 20.8. The van der Waals surface area contributed by atoms with E-state index in [1.165, 1.54) is 18.4 Å². The van der Waals surface area contributed by atoms with E-state index in [0.717, 1.165) is 5.56 Å². The summed E-state index contributed by atoms with van der Waals surface area (Å²) < 4.78 is 4.33. The van der Waals surface area contributed by atoms with Crippen LogP contribution in [0.1, 0.15) is 16.5 Å². The molecule has 0 aliphatic rings. The van der Waals surface area contributed by atoms with Crippen molar-refractivity contribution >= 4 is 17.3 Å². The lowest BCUT2D eigenvalue weighted by atomic mass is 10.1. The Morgan fingerprint density at radius 1 is 1.57 bits per heavy atom. The standard InChI is InChI=1S/C9H12O4S/c1-5-3-4-14-8(5)6(10)7(11)9(12)13-2/h3-4,6-7,10-11H,1-2H3. The van der Waals surface area contributed by atoms with Crippen LogP contribution in [0, 0.1) is 6.92 Å². The average Bonchev–Trinajstić information content (AvgIpc) is 2.61. The minimum absolute atomic E-state index is 0.586. The zero-order valence-corrected chi connectivity index (χ0v) is 8.75. The largest absolute Gasteiger partial charge is 0.467 e. The van der Waals surface area contributed by atoms with E-state index in [1.54, 1.807) is 12.3 Å². The number of rotatable bonds is 3. The van der Waals surface area contributed by atoms with Gasteiger partial charge in [0.25, 0.3) is 0 Å². The number of thiophene rings is 1. The monoisotopic (exact) mass is 216 g/mol. The molecule has 1 aromatic heterocycles. The quantitative estimate of drug-likeness (QED) is 0.727. The molecule has 78 valence electrons. The van der Waals surface area contributed by atoms with Gasteiger partial charge < -0.3 is 14.9 Å². The van der Waals surface area contributed by atoms with E-state index in [-0.39, 0.29) is 0 Å². The Labute approximate surface area is 85.8 Å². The van der Waals surface area contributed by atoms with Crippen molar-refractivity contribution in [2.24, 2.45) is 0 Å². The molecular weight excluding hydrogens is 204 g/mol. The molecule has 2 atom stereocenters. The van der Waals surface area contributed by atoms with Crippen molar-refractivity contribution < 1.29 is 19.7 Å². The summed E-state index contributed by atoms with van der Waals surface area (Å²) in [6, 6.07) is 1.81. The Hall–Kier alpha value is -0.910. The van der Waals surface area contributed by atoms with E-state index in [0.29, 0.717) is 4.88 Å². The number of hydrogen-bond donors (Lipinski definition) is 2. The summed E-state index contributed by atoms with van der Waals surface area (Å²) in [5.74, 6) is -0.828. The van der Waals surface area contributed by atoms with E-state index < -0.39 is 18.2 Å². The Morgan fingerprint density at radius 2 is 2.21 bits per heavy atom. The van der Waals surface area contributed by atoms with Gasteiger partial charge in [0.1, 0.15) is 6.10 Å². The second kappa shape index (κ2) is 4.54. The maximum absolute atomic E-state index is 10.9. The lowest BCUT2D eigenvalue weighted by molar-refractivity contribution is -0.156. The van der Waals surface area contributed by atoms with Crippen LogP contribution in [0.3, 0.4) is 0 Å². The minimum atomic E-state index is -1.52. The summed E-state index contributed by atoms with van der Waals surface area (Å²) in [6.45, 7) is 1.80. The van der Waals surface area contributed by atoms with Crippen LogP contribution in [0.15, 0.2) is 11.4 Å². The van der Waals surface area contributed by atoms with Gasteiger partial charge in [-0.2, -0.15) is 0 Å². The molecule has 1 aromatic rings. The predicted octanol–water partition coefficient (Wildman–Crippen LogP) is 0.624. The third-order valence-electron chi connectivity index (χ3n) is 1.91. The van der Waals surface area contributed by atoms with Crippen LogP contribution >= 0.6 is 11.3 Å². The molecule has 1 rings (SSSR count). The Kier molecular flexibility index (Phi) is 3.62. The maximum Gasteiger partial charge on any atom is 0.337 e. The number of aryl methyl sites for hydroxylation is 1. The highest BCUT2D eigenvalue weighted by atomic mass is 32.1. The zero-order valence-electron chi connectivity index (χ0n) is 7.93. The van der Waals surface area contributed by atoms with Gasteiger partial charge in [-0.15, -0.1) is 11.3 Å². The number of aliphatic hydroxyl groups excluding tert-OH is 2. The normalized spacial score (nSPS) is 14.9. The number of esters is 1. The van der Waals surface area contributed by atoms with Crippen molar-refractivity contribution in [3.8, 4) is 0 Å². The van der Waals surface area contributed by atoms with Crippen molar-refractivity contribution in [3.05, 3.63) is 21.9 Å². The highest BCUT2D eigenvalue weighted by Gasteiger charge is 2.28. The molecule has 2 N–H and O–H groups in total. The Balaban J connectivity index is 2.80. The predicted molar refractivity (Wildman–Crippen MR) is 52.0 cm³/mol. The van der Waals surface area contributed by atoms with Gasteiger partial charge in [0.05, 0.1) is 7.11 Å². The number of ether oxygens (including phenoxy) is 1. The number of aliphatic hydroxyl groups is 2. The van der Waals surface area contributed by atoms with Crippen LogP contribution in [0.2, 0.25) is 0 Å². The van der Waals surface area contributed by atoms with Gasteiger partial charge in [0, 0.05) is 4.88 Å². The smallest absolute Gasteiger partial charge is 0.337 e. The topological polar surface area (TPSA) is 66.8 Å². The van der Waals surface area contributed by atoms with Crippen molar-refractivity contribution in [3.63, 3.8) is 0 Å². The first-order valence-corrected chi connectivity index (χ1v) is 4.94. The zero-order chi connectivity index (χ0) is 10.7. The highest BCUT2D eigenvalue weighted by Crippen LogP contribution is 2.26. The van der Waals surface area contributed by atoms with Crippen LogP contribution in [-0.4, -0.2) is 29.4 Å². The number of hydrogen-bond acceptors (Lipinski definition) is 5. The molecule has 0 radical (unpaired) electrons. The van der Waals surface area contributed by atoms with Gasteiger partial charge in [0.2, 0.25) is 0 Å². The van der Waals surface area contributed by atoms with Crippen molar-refractivity contribution in [2.75, 3.05) is 7.11 Å². The summed E-state index contributed by atoms with van der Waals surface area (Å²) >= 11 is 1.30. The van der Waals surface area contributed by atoms with Crippen LogP contribution in [-0.2, 0) is 9.53 Å². The second-order valence-electron chi connectivity index (χ2n) is 2.88. The molecule has 0 fully saturated rings. The summed E-state index contributed by atoms with van der Waals surface area (Å²) in [4.78, 5) is 11.5. The third-order valence-corrected chi connectivity index (χ3v) is 3.00. The number of carbonyl (C=O) groups excluding carboxylic acids is 1. The first kappa shape index (κ1) is 11.2. The van der Waals surface area contributed by atoms with E-state index in [4.69, 9.17) is 0 Å². The molecule has 5 heteroatoms. The molecule has 0 saturated heterocycles. The summed E-state index contributed by atoms with van der Waals surface area (Å²) in [5.41, 5.74) is 0.852. The van der Waals surface area contributed by atoms with E-state index in [2.05, 4.69) is 4.74 Å². The van der Waals surface area contributed by atoms with Crippen molar-refractivity contribution in [2.45, 2.75) is 19.1 Å². The average molecular weight is 216 g/mol. The van der Waals surface area contributed by atoms with Gasteiger partial charge in [0.15, 0.2) is 6.10 Å². The third kappa shape index (κ3) is 2.12. The van der Waals surface area contributed by atoms with Crippen LogP contribution < -0.4 is 0 Å². The van der Waals surface area contributed by atoms with Crippen molar-refractivity contribution in [1.29, 1.82) is 0 Å². The van der Waals surface area contributed by atoms with Gasteiger partial charge in [-0.1, -0.05) is 0 Å². The first-order chi connectivity index (χ1) is 6.57. The fourth-order valence-electron chi connectivity index (χ4n) is 1.08. The lowest BCUT2D eigenvalue weighted by Crippen LogP contribution is -2.28. The van der Waals surface area contributed by atoms with E-state index in [9.17, 15) is 15.0 Å². The summed E-state index contributed by atoms with van der Waals surface area (Å²) in [6.07, 6.45) is -2.72. The molecule has 0 aliphatic carbocycles. The van der Waals surface area contributed by atoms with Gasteiger partial charge in [-0.05, 0) is 23.9 Å². The van der Waals surface area contributed by atoms with E-state index in [1.807, 2.05) is 6.07 Å². The number of methoxy groups -OCH3 is 1. The van der Waals surface area contributed by atoms with Crippen LogP contribution in [0.25, 0.3) is 0 Å². The molecule has 4 nitrogen and oxygen atoms in total. The van der Waals surface area contributed by atoms with Crippen molar-refractivity contribution in [1.82, 2.24) is 0 Å². The maximum atomic E-state index is 10.9. The van der Waals surface area contributed by atoms with Gasteiger partial charge >= 0.3 is 5.97 Å². The molecule has 0 bridgehead atoms. The molecule has 1 heterocycles. The first-order valence-electron chi connectivity index (χ1n) is 4.06. The molecular formula is C9H12O4S. The lowest BCUT2D eigenvalue weighted by Gasteiger charge is -2.14. The molecule has 2 unspecified atom stereocenters. The molecule has 0 saturated carbocycles. The molecule has 0 aromatic carbocycles. The van der Waals surface area contributed by atoms with E-state index >= 15 is 0 Å².